The quantitative estimate of drug-likeness (QED) is 0.897. The zero-order chi connectivity index (χ0) is 14.8. The first-order valence-electron chi connectivity index (χ1n) is 6.60. The third-order valence-electron chi connectivity index (χ3n) is 3.57. The Hall–Kier alpha value is -0.870. The van der Waals surface area contributed by atoms with E-state index in [0.717, 1.165) is 11.3 Å². The van der Waals surface area contributed by atoms with Crippen LogP contribution in [0.2, 0.25) is 5.02 Å². The normalized spacial score (nSPS) is 28.6. The molecule has 1 N–H and O–H groups in total. The van der Waals surface area contributed by atoms with E-state index in [9.17, 15) is 4.79 Å². The molecule has 0 bridgehead atoms. The molecule has 7 heteroatoms. The number of amides is 1. The summed E-state index contributed by atoms with van der Waals surface area (Å²) in [6, 6.07) is 9.37. The van der Waals surface area contributed by atoms with Crippen LogP contribution in [0.5, 0.6) is 0 Å². The largest absolute Gasteiger partial charge is 0.315 e. The molecule has 4 nitrogen and oxygen atoms in total. The van der Waals surface area contributed by atoms with Crippen LogP contribution in [0.25, 0.3) is 0 Å². The Kier molecular flexibility index (Phi) is 4.65. The summed E-state index contributed by atoms with van der Waals surface area (Å²) in [4.78, 5) is 14.2. The van der Waals surface area contributed by atoms with Crippen LogP contribution in [-0.2, 0) is 4.79 Å². The lowest BCUT2D eigenvalue weighted by molar-refractivity contribution is -0.132. The number of carbonyl (C=O) groups excluding carboxylic acids is 1. The Bertz CT molecular complexity index is 575. The average Bonchev–Trinajstić information content (AvgIpc) is 3.16. The topological polar surface area (TPSA) is 56.1 Å². The summed E-state index contributed by atoms with van der Waals surface area (Å²) in [5.74, 6) is 2.09. The fraction of sp³-hybridized carbons (Fsp3) is 0.429. The molecule has 2 saturated heterocycles. The maximum Gasteiger partial charge on any atom is 0.242 e. The Balaban J connectivity index is 1.65. The summed E-state index contributed by atoms with van der Waals surface area (Å²) < 4.78 is 0. The van der Waals surface area contributed by atoms with Gasteiger partial charge in [-0.1, -0.05) is 23.7 Å². The van der Waals surface area contributed by atoms with Gasteiger partial charge in [0.25, 0.3) is 0 Å². The Morgan fingerprint density at radius 1 is 1.38 bits per heavy atom. The highest BCUT2D eigenvalue weighted by molar-refractivity contribution is 8.00. The molecular weight excluding hydrogens is 326 g/mol. The lowest BCUT2D eigenvalue weighted by Crippen LogP contribution is -2.47. The van der Waals surface area contributed by atoms with E-state index in [0.29, 0.717) is 16.7 Å². The number of carbonyl (C=O) groups is 1. The number of nitrogens with zero attached hydrogens (tertiary/aromatic N) is 2. The van der Waals surface area contributed by atoms with E-state index < -0.39 is 0 Å². The Morgan fingerprint density at radius 2 is 2.14 bits per heavy atom. The standard InChI is InChI=1S/C14H14ClN3OS2/c15-10-3-1-9(2-4-10)13-17-12(7-21-13)14(19)18-8-20-6-11(18)5-16/h1-4,11-13,17H,6-8H2/t11-,12+,13?/m1/s1. The second-order valence-electron chi connectivity index (χ2n) is 4.94. The summed E-state index contributed by atoms with van der Waals surface area (Å²) in [7, 11) is 0. The summed E-state index contributed by atoms with van der Waals surface area (Å²) >= 11 is 9.24. The number of hydrogen-bond donors (Lipinski definition) is 1. The van der Waals surface area contributed by atoms with Crippen LogP contribution in [0.1, 0.15) is 10.9 Å². The number of thioether (sulfide) groups is 2. The first-order valence-corrected chi connectivity index (χ1v) is 9.18. The van der Waals surface area contributed by atoms with Crippen molar-refractivity contribution in [2.75, 3.05) is 17.4 Å². The molecule has 2 fully saturated rings. The van der Waals surface area contributed by atoms with E-state index in [2.05, 4.69) is 11.4 Å². The van der Waals surface area contributed by atoms with Gasteiger partial charge in [-0.05, 0) is 17.7 Å². The van der Waals surface area contributed by atoms with Gasteiger partial charge in [-0.15, -0.1) is 23.5 Å². The maximum absolute atomic E-state index is 12.5. The van der Waals surface area contributed by atoms with Crippen molar-refractivity contribution >= 4 is 41.0 Å². The second-order valence-corrected chi connectivity index (χ2v) is 7.51. The molecule has 110 valence electrons. The number of benzene rings is 1. The molecule has 3 atom stereocenters. The lowest BCUT2D eigenvalue weighted by atomic mass is 10.2. The van der Waals surface area contributed by atoms with Crippen molar-refractivity contribution in [1.82, 2.24) is 10.2 Å². The van der Waals surface area contributed by atoms with Gasteiger partial charge in [-0.3, -0.25) is 10.1 Å². The monoisotopic (exact) mass is 339 g/mol. The van der Waals surface area contributed by atoms with Crippen LogP contribution in [0, 0.1) is 11.3 Å². The molecule has 0 spiro atoms. The molecule has 21 heavy (non-hydrogen) atoms. The van der Waals surface area contributed by atoms with Gasteiger partial charge in [-0.2, -0.15) is 5.26 Å². The molecule has 0 saturated carbocycles. The van der Waals surface area contributed by atoms with Crippen molar-refractivity contribution < 1.29 is 4.79 Å². The van der Waals surface area contributed by atoms with Crippen LogP contribution >= 0.6 is 35.1 Å². The smallest absolute Gasteiger partial charge is 0.242 e. The zero-order valence-electron chi connectivity index (χ0n) is 11.2. The summed E-state index contributed by atoms with van der Waals surface area (Å²) in [6.07, 6.45) is 0. The predicted molar refractivity (Wildman–Crippen MR) is 87.1 cm³/mol. The molecule has 1 amide bonds. The van der Waals surface area contributed by atoms with Gasteiger partial charge < -0.3 is 4.90 Å². The van der Waals surface area contributed by atoms with E-state index in [1.54, 1.807) is 28.4 Å². The molecule has 1 aromatic rings. The van der Waals surface area contributed by atoms with E-state index in [1.807, 2.05) is 24.3 Å². The van der Waals surface area contributed by atoms with Crippen molar-refractivity contribution in [3.05, 3.63) is 34.9 Å². The second kappa shape index (κ2) is 6.49. The third kappa shape index (κ3) is 3.16. The number of nitriles is 1. The van der Waals surface area contributed by atoms with E-state index >= 15 is 0 Å². The average molecular weight is 340 g/mol. The summed E-state index contributed by atoms with van der Waals surface area (Å²) in [5, 5.41) is 13.3. The first kappa shape index (κ1) is 15.0. The van der Waals surface area contributed by atoms with Gasteiger partial charge in [0.2, 0.25) is 5.91 Å². The minimum absolute atomic E-state index is 0.0375. The summed E-state index contributed by atoms with van der Waals surface area (Å²) in [6.45, 7) is 0. The molecule has 1 aromatic carbocycles. The molecule has 0 aromatic heterocycles. The van der Waals surface area contributed by atoms with Crippen molar-refractivity contribution in [3.63, 3.8) is 0 Å². The van der Waals surface area contributed by atoms with E-state index in [-0.39, 0.29) is 23.4 Å². The van der Waals surface area contributed by atoms with Crippen LogP contribution in [0.3, 0.4) is 0 Å². The Labute approximate surface area is 137 Å². The fourth-order valence-electron chi connectivity index (χ4n) is 2.41. The molecular formula is C14H14ClN3OS2. The third-order valence-corrected chi connectivity index (χ3v) is 6.10. The predicted octanol–water partition coefficient (Wildman–Crippen LogP) is 2.47. The highest BCUT2D eigenvalue weighted by atomic mass is 35.5. The minimum Gasteiger partial charge on any atom is -0.315 e. The van der Waals surface area contributed by atoms with Crippen LogP contribution < -0.4 is 5.32 Å². The van der Waals surface area contributed by atoms with E-state index in [1.165, 1.54) is 0 Å². The minimum atomic E-state index is -0.288. The fourth-order valence-corrected chi connectivity index (χ4v) is 4.86. The lowest BCUT2D eigenvalue weighted by Gasteiger charge is -2.22. The molecule has 0 aliphatic carbocycles. The number of rotatable bonds is 2. The zero-order valence-corrected chi connectivity index (χ0v) is 13.5. The molecule has 2 heterocycles. The van der Waals surface area contributed by atoms with Gasteiger partial charge in [0.15, 0.2) is 0 Å². The van der Waals surface area contributed by atoms with Gasteiger partial charge in [0.1, 0.15) is 6.04 Å². The van der Waals surface area contributed by atoms with Gasteiger partial charge in [0, 0.05) is 16.5 Å². The maximum atomic E-state index is 12.5. The van der Waals surface area contributed by atoms with Crippen LogP contribution in [-0.4, -0.2) is 40.3 Å². The van der Waals surface area contributed by atoms with Gasteiger partial charge >= 0.3 is 0 Å². The number of halogens is 1. The summed E-state index contributed by atoms with van der Waals surface area (Å²) in [5.41, 5.74) is 1.12. The number of hydrogen-bond acceptors (Lipinski definition) is 5. The highest BCUT2D eigenvalue weighted by Crippen LogP contribution is 2.34. The number of nitrogens with one attached hydrogen (secondary N) is 1. The molecule has 3 rings (SSSR count). The van der Waals surface area contributed by atoms with Crippen molar-refractivity contribution in [3.8, 4) is 6.07 Å². The highest BCUT2D eigenvalue weighted by Gasteiger charge is 2.37. The molecule has 2 aliphatic heterocycles. The van der Waals surface area contributed by atoms with Gasteiger partial charge in [-0.25, -0.2) is 0 Å². The van der Waals surface area contributed by atoms with Crippen LogP contribution in [0.15, 0.2) is 24.3 Å². The van der Waals surface area contributed by atoms with Crippen molar-refractivity contribution in [1.29, 1.82) is 5.26 Å². The molecule has 2 aliphatic rings. The SMILES string of the molecule is N#C[C@@H]1CSCN1C(=O)[C@@H]1CSC(c2ccc(Cl)cc2)N1. The van der Waals surface area contributed by atoms with E-state index in [4.69, 9.17) is 16.9 Å². The molecule has 0 radical (unpaired) electrons. The van der Waals surface area contributed by atoms with Crippen molar-refractivity contribution in [2.45, 2.75) is 17.5 Å². The Morgan fingerprint density at radius 3 is 2.86 bits per heavy atom. The van der Waals surface area contributed by atoms with Crippen molar-refractivity contribution in [2.24, 2.45) is 0 Å². The van der Waals surface area contributed by atoms with Crippen LogP contribution in [0.4, 0.5) is 0 Å². The van der Waals surface area contributed by atoms with Gasteiger partial charge in [0.05, 0.1) is 23.4 Å². The molecule has 1 unspecified atom stereocenters. The first-order chi connectivity index (χ1) is 10.2.